The molecule has 0 bridgehead atoms. The zero-order valence-electron chi connectivity index (χ0n) is 11.7. The van der Waals surface area contributed by atoms with Crippen LogP contribution in [0.15, 0.2) is 42.5 Å². The van der Waals surface area contributed by atoms with E-state index in [1.165, 1.54) is 0 Å². The topological polar surface area (TPSA) is 29.1 Å². The van der Waals surface area contributed by atoms with E-state index >= 15 is 0 Å². The molecular weight excluding hydrogens is 270 g/mol. The molecule has 0 spiro atoms. The maximum absolute atomic E-state index is 12.2. The van der Waals surface area contributed by atoms with Gasteiger partial charge >= 0.3 is 0 Å². The number of rotatable bonds is 6. The summed E-state index contributed by atoms with van der Waals surface area (Å²) in [6, 6.07) is 13.9. The van der Waals surface area contributed by atoms with E-state index in [-0.39, 0.29) is 5.91 Å². The number of halogens is 1. The highest BCUT2D eigenvalue weighted by molar-refractivity contribution is 6.17. The van der Waals surface area contributed by atoms with Gasteiger partial charge in [-0.3, -0.25) is 4.79 Å². The lowest BCUT2D eigenvalue weighted by atomic mass is 10.0. The molecule has 0 aromatic heterocycles. The molecule has 1 unspecified atom stereocenters. The molecule has 0 aliphatic carbocycles. The second kappa shape index (κ2) is 7.30. The zero-order valence-corrected chi connectivity index (χ0v) is 12.5. The highest BCUT2D eigenvalue weighted by atomic mass is 35.5. The average Bonchev–Trinajstić information content (AvgIpc) is 2.50. The molecule has 0 fully saturated rings. The second-order valence-corrected chi connectivity index (χ2v) is 5.40. The SMILES string of the molecule is CCC(CCCl)CNC(=O)c1ccc2ccccc2c1. The number of carbonyl (C=O) groups excluding carboxylic acids is 1. The van der Waals surface area contributed by atoms with Crippen molar-refractivity contribution in [3.63, 3.8) is 0 Å². The van der Waals surface area contributed by atoms with Gasteiger partial charge in [0.2, 0.25) is 0 Å². The highest BCUT2D eigenvalue weighted by Crippen LogP contribution is 2.16. The van der Waals surface area contributed by atoms with Crippen LogP contribution in [0.4, 0.5) is 0 Å². The van der Waals surface area contributed by atoms with Crippen LogP contribution in [-0.4, -0.2) is 18.3 Å². The predicted octanol–water partition coefficient (Wildman–Crippen LogP) is 4.22. The summed E-state index contributed by atoms with van der Waals surface area (Å²) in [6.45, 7) is 2.81. The Bertz CT molecular complexity index is 582. The van der Waals surface area contributed by atoms with Crippen molar-refractivity contribution < 1.29 is 4.79 Å². The fourth-order valence-corrected chi connectivity index (χ4v) is 2.58. The number of carbonyl (C=O) groups is 1. The molecule has 0 heterocycles. The minimum Gasteiger partial charge on any atom is -0.352 e. The average molecular weight is 290 g/mol. The van der Waals surface area contributed by atoms with Crippen molar-refractivity contribution in [2.24, 2.45) is 5.92 Å². The third-order valence-corrected chi connectivity index (χ3v) is 3.88. The van der Waals surface area contributed by atoms with E-state index in [0.29, 0.717) is 23.9 Å². The van der Waals surface area contributed by atoms with E-state index in [2.05, 4.69) is 12.2 Å². The van der Waals surface area contributed by atoms with Crippen molar-refractivity contribution in [3.05, 3.63) is 48.0 Å². The first-order valence-electron chi connectivity index (χ1n) is 7.07. The lowest BCUT2D eigenvalue weighted by molar-refractivity contribution is 0.0946. The number of amides is 1. The Balaban J connectivity index is 2.03. The summed E-state index contributed by atoms with van der Waals surface area (Å²) < 4.78 is 0. The number of benzene rings is 2. The minimum absolute atomic E-state index is 0.0104. The molecule has 3 heteroatoms. The Morgan fingerprint density at radius 3 is 2.65 bits per heavy atom. The number of alkyl halides is 1. The quantitative estimate of drug-likeness (QED) is 0.793. The van der Waals surface area contributed by atoms with Crippen LogP contribution in [0, 0.1) is 5.92 Å². The summed E-state index contributed by atoms with van der Waals surface area (Å²) in [6.07, 6.45) is 1.97. The maximum Gasteiger partial charge on any atom is 0.251 e. The van der Waals surface area contributed by atoms with Gasteiger partial charge in [-0.25, -0.2) is 0 Å². The van der Waals surface area contributed by atoms with E-state index in [1.807, 2.05) is 42.5 Å². The first-order chi connectivity index (χ1) is 9.74. The van der Waals surface area contributed by atoms with Crippen LogP contribution >= 0.6 is 11.6 Å². The summed E-state index contributed by atoms with van der Waals surface area (Å²) >= 11 is 5.76. The molecule has 2 aromatic rings. The molecule has 106 valence electrons. The predicted molar refractivity (Wildman–Crippen MR) is 85.4 cm³/mol. The Morgan fingerprint density at radius 1 is 1.20 bits per heavy atom. The van der Waals surface area contributed by atoms with Gasteiger partial charge in [0, 0.05) is 18.0 Å². The smallest absolute Gasteiger partial charge is 0.251 e. The van der Waals surface area contributed by atoms with Crippen molar-refractivity contribution in [2.45, 2.75) is 19.8 Å². The van der Waals surface area contributed by atoms with Crippen molar-refractivity contribution in [1.29, 1.82) is 0 Å². The van der Waals surface area contributed by atoms with E-state index in [4.69, 9.17) is 11.6 Å². The van der Waals surface area contributed by atoms with Crippen molar-refractivity contribution in [1.82, 2.24) is 5.32 Å². The monoisotopic (exact) mass is 289 g/mol. The molecule has 0 radical (unpaired) electrons. The van der Waals surface area contributed by atoms with Gasteiger partial charge in [0.1, 0.15) is 0 Å². The summed E-state index contributed by atoms with van der Waals surface area (Å²) in [5.74, 6) is 1.09. The van der Waals surface area contributed by atoms with E-state index in [1.54, 1.807) is 0 Å². The summed E-state index contributed by atoms with van der Waals surface area (Å²) in [5, 5.41) is 5.24. The number of nitrogens with one attached hydrogen (secondary N) is 1. The molecule has 0 aliphatic heterocycles. The fraction of sp³-hybridized carbons (Fsp3) is 0.353. The number of fused-ring (bicyclic) bond motifs is 1. The largest absolute Gasteiger partial charge is 0.352 e. The normalized spacial score (nSPS) is 12.3. The molecule has 1 atom stereocenters. The van der Waals surface area contributed by atoms with Gasteiger partial charge in [-0.05, 0) is 35.2 Å². The van der Waals surface area contributed by atoms with Gasteiger partial charge in [0.15, 0.2) is 0 Å². The van der Waals surface area contributed by atoms with Crippen LogP contribution in [0.1, 0.15) is 30.1 Å². The van der Waals surface area contributed by atoms with Gasteiger partial charge in [-0.2, -0.15) is 0 Å². The van der Waals surface area contributed by atoms with E-state index in [9.17, 15) is 4.79 Å². The Kier molecular flexibility index (Phi) is 5.42. The summed E-state index contributed by atoms with van der Waals surface area (Å²) in [7, 11) is 0. The minimum atomic E-state index is -0.0104. The molecule has 2 nitrogen and oxygen atoms in total. The molecule has 2 rings (SSSR count). The summed E-state index contributed by atoms with van der Waals surface area (Å²) in [5.41, 5.74) is 0.712. The van der Waals surface area contributed by atoms with Crippen LogP contribution in [0.25, 0.3) is 10.8 Å². The lowest BCUT2D eigenvalue weighted by Crippen LogP contribution is -2.29. The van der Waals surface area contributed by atoms with Gasteiger partial charge in [0.05, 0.1) is 0 Å². The number of hydrogen-bond donors (Lipinski definition) is 1. The maximum atomic E-state index is 12.2. The molecule has 1 N–H and O–H groups in total. The molecule has 0 aliphatic rings. The highest BCUT2D eigenvalue weighted by Gasteiger charge is 2.10. The van der Waals surface area contributed by atoms with Crippen LogP contribution in [0.5, 0.6) is 0 Å². The van der Waals surface area contributed by atoms with Gasteiger partial charge in [-0.1, -0.05) is 43.7 Å². The Labute approximate surface area is 125 Å². The Morgan fingerprint density at radius 2 is 1.95 bits per heavy atom. The third kappa shape index (κ3) is 3.73. The van der Waals surface area contributed by atoms with E-state index < -0.39 is 0 Å². The molecule has 20 heavy (non-hydrogen) atoms. The molecule has 1 amide bonds. The second-order valence-electron chi connectivity index (χ2n) is 5.02. The summed E-state index contributed by atoms with van der Waals surface area (Å²) in [4.78, 5) is 12.2. The molecule has 0 saturated heterocycles. The molecular formula is C17H20ClNO. The van der Waals surface area contributed by atoms with Gasteiger partial charge in [-0.15, -0.1) is 11.6 Å². The fourth-order valence-electron chi connectivity index (χ4n) is 2.27. The standard InChI is InChI=1S/C17H20ClNO/c1-2-13(9-10-18)12-19-17(20)16-8-7-14-5-3-4-6-15(14)11-16/h3-8,11,13H,2,9-10,12H2,1H3,(H,19,20). The number of hydrogen-bond acceptors (Lipinski definition) is 1. The Hall–Kier alpha value is -1.54. The van der Waals surface area contributed by atoms with Crippen LogP contribution in [-0.2, 0) is 0 Å². The van der Waals surface area contributed by atoms with E-state index in [0.717, 1.165) is 23.6 Å². The van der Waals surface area contributed by atoms with Crippen LogP contribution < -0.4 is 5.32 Å². The van der Waals surface area contributed by atoms with Crippen molar-refractivity contribution in [2.75, 3.05) is 12.4 Å². The first kappa shape index (κ1) is 14.9. The van der Waals surface area contributed by atoms with Crippen LogP contribution in [0.3, 0.4) is 0 Å². The van der Waals surface area contributed by atoms with Crippen LogP contribution in [0.2, 0.25) is 0 Å². The first-order valence-corrected chi connectivity index (χ1v) is 7.61. The third-order valence-electron chi connectivity index (χ3n) is 3.66. The molecule has 2 aromatic carbocycles. The van der Waals surface area contributed by atoms with Gasteiger partial charge in [0.25, 0.3) is 5.91 Å². The van der Waals surface area contributed by atoms with Gasteiger partial charge < -0.3 is 5.32 Å². The van der Waals surface area contributed by atoms with Crippen molar-refractivity contribution >= 4 is 28.3 Å². The zero-order chi connectivity index (χ0) is 14.4. The molecule has 0 saturated carbocycles. The lowest BCUT2D eigenvalue weighted by Gasteiger charge is -2.14. The van der Waals surface area contributed by atoms with Crippen molar-refractivity contribution in [3.8, 4) is 0 Å².